The SMILES string of the molecule is CC1C(c2cccc[n+]2C)C2(C)CCN1c1ccccc12. The van der Waals surface area contributed by atoms with Crippen LogP contribution in [0.2, 0.25) is 0 Å². The van der Waals surface area contributed by atoms with Crippen LogP contribution >= 0.6 is 0 Å². The first-order chi connectivity index (χ1) is 10.1. The molecule has 2 bridgehead atoms. The van der Waals surface area contributed by atoms with Gasteiger partial charge in [0.05, 0.1) is 5.92 Å². The molecule has 0 N–H and O–H groups in total. The number of aromatic nitrogens is 1. The minimum atomic E-state index is 0.240. The molecule has 3 atom stereocenters. The molecule has 1 saturated heterocycles. The summed E-state index contributed by atoms with van der Waals surface area (Å²) in [5.41, 5.74) is 4.67. The van der Waals surface area contributed by atoms with Crippen LogP contribution in [0.5, 0.6) is 0 Å². The van der Waals surface area contributed by atoms with E-state index in [2.05, 4.69) is 79.0 Å². The van der Waals surface area contributed by atoms with Crippen molar-refractivity contribution in [2.75, 3.05) is 11.4 Å². The molecule has 2 heteroatoms. The summed E-state index contributed by atoms with van der Waals surface area (Å²) in [4.78, 5) is 2.61. The Kier molecular flexibility index (Phi) is 2.66. The topological polar surface area (TPSA) is 7.12 Å². The van der Waals surface area contributed by atoms with Gasteiger partial charge in [-0.1, -0.05) is 31.2 Å². The van der Waals surface area contributed by atoms with Gasteiger partial charge < -0.3 is 4.90 Å². The maximum Gasteiger partial charge on any atom is 0.187 e. The van der Waals surface area contributed by atoms with Gasteiger partial charge in [0.15, 0.2) is 11.9 Å². The molecule has 1 aromatic heterocycles. The average Bonchev–Trinajstić information content (AvgIpc) is 2.49. The van der Waals surface area contributed by atoms with Crippen molar-refractivity contribution in [3.8, 4) is 0 Å². The number of pyridine rings is 1. The highest BCUT2D eigenvalue weighted by molar-refractivity contribution is 5.64. The van der Waals surface area contributed by atoms with E-state index in [0.29, 0.717) is 12.0 Å². The molecule has 2 aromatic rings. The van der Waals surface area contributed by atoms with Crippen LogP contribution in [0.1, 0.15) is 37.4 Å². The van der Waals surface area contributed by atoms with Gasteiger partial charge in [-0.15, -0.1) is 0 Å². The van der Waals surface area contributed by atoms with Gasteiger partial charge in [-0.3, -0.25) is 0 Å². The summed E-state index contributed by atoms with van der Waals surface area (Å²) in [7, 11) is 2.18. The van der Waals surface area contributed by atoms with Gasteiger partial charge >= 0.3 is 0 Å². The summed E-state index contributed by atoms with van der Waals surface area (Å²) >= 11 is 0. The number of fused-ring (bicyclic) bond motifs is 2. The molecule has 21 heavy (non-hydrogen) atoms. The van der Waals surface area contributed by atoms with Crippen LogP contribution in [0.15, 0.2) is 48.7 Å². The van der Waals surface area contributed by atoms with Gasteiger partial charge in [-0.2, -0.15) is 0 Å². The van der Waals surface area contributed by atoms with Crippen molar-refractivity contribution < 1.29 is 4.57 Å². The van der Waals surface area contributed by atoms with Crippen molar-refractivity contribution in [1.29, 1.82) is 0 Å². The zero-order chi connectivity index (χ0) is 14.6. The van der Waals surface area contributed by atoms with Crippen LogP contribution in [-0.2, 0) is 12.5 Å². The molecule has 0 saturated carbocycles. The Morgan fingerprint density at radius 3 is 2.71 bits per heavy atom. The summed E-state index contributed by atoms with van der Waals surface area (Å²) in [6, 6.07) is 16.1. The first-order valence-electron chi connectivity index (χ1n) is 7.93. The van der Waals surface area contributed by atoms with Crippen LogP contribution in [0.3, 0.4) is 0 Å². The van der Waals surface area contributed by atoms with Gasteiger partial charge in [0.2, 0.25) is 0 Å². The number of para-hydroxylation sites is 1. The number of rotatable bonds is 1. The van der Waals surface area contributed by atoms with E-state index >= 15 is 0 Å². The minimum absolute atomic E-state index is 0.240. The summed E-state index contributed by atoms with van der Waals surface area (Å²) in [5.74, 6) is 0.548. The lowest BCUT2D eigenvalue weighted by Gasteiger charge is -2.56. The summed E-state index contributed by atoms with van der Waals surface area (Å²) in [5, 5.41) is 0. The lowest BCUT2D eigenvalue weighted by molar-refractivity contribution is -0.681. The fourth-order valence-corrected chi connectivity index (χ4v) is 4.71. The van der Waals surface area contributed by atoms with Crippen LogP contribution < -0.4 is 9.47 Å². The maximum absolute atomic E-state index is 2.61. The number of nitrogens with zero attached hydrogens (tertiary/aromatic N) is 2. The molecule has 4 heterocycles. The van der Waals surface area contributed by atoms with Gasteiger partial charge in [0.25, 0.3) is 0 Å². The van der Waals surface area contributed by atoms with Crippen molar-refractivity contribution in [3.63, 3.8) is 0 Å². The van der Waals surface area contributed by atoms with E-state index in [-0.39, 0.29) is 5.41 Å². The van der Waals surface area contributed by atoms with Crippen molar-refractivity contribution in [2.45, 2.75) is 37.6 Å². The number of hydrogen-bond acceptors (Lipinski definition) is 1. The number of piperidine rings is 1. The lowest BCUT2D eigenvalue weighted by Crippen LogP contribution is -2.59. The molecule has 3 aliphatic heterocycles. The number of aryl methyl sites for hydroxylation is 1. The monoisotopic (exact) mass is 279 g/mol. The molecule has 0 radical (unpaired) electrons. The van der Waals surface area contributed by atoms with E-state index in [9.17, 15) is 0 Å². The third-order valence-electron chi connectivity index (χ3n) is 5.77. The van der Waals surface area contributed by atoms with Crippen molar-refractivity contribution >= 4 is 5.69 Å². The second-order valence-electron chi connectivity index (χ2n) is 6.83. The third kappa shape index (κ3) is 1.62. The highest BCUT2D eigenvalue weighted by Crippen LogP contribution is 2.55. The predicted molar refractivity (Wildman–Crippen MR) is 85.6 cm³/mol. The van der Waals surface area contributed by atoms with Gasteiger partial charge in [-0.05, 0) is 25.0 Å². The van der Waals surface area contributed by atoms with E-state index in [1.54, 1.807) is 0 Å². The number of hydrogen-bond donors (Lipinski definition) is 0. The van der Waals surface area contributed by atoms with Crippen molar-refractivity contribution in [2.24, 2.45) is 7.05 Å². The summed E-state index contributed by atoms with van der Waals surface area (Å²) in [6.45, 7) is 6.04. The maximum atomic E-state index is 2.61. The zero-order valence-electron chi connectivity index (χ0n) is 13.1. The first kappa shape index (κ1) is 12.9. The fraction of sp³-hybridized carbons (Fsp3) is 0.421. The first-order valence-corrected chi connectivity index (χ1v) is 7.93. The molecule has 3 aliphatic rings. The molecular weight excluding hydrogens is 256 g/mol. The lowest BCUT2D eigenvalue weighted by atomic mass is 9.59. The van der Waals surface area contributed by atoms with Crippen molar-refractivity contribution in [3.05, 3.63) is 59.9 Å². The molecule has 108 valence electrons. The zero-order valence-corrected chi connectivity index (χ0v) is 13.1. The van der Waals surface area contributed by atoms with E-state index in [1.165, 1.54) is 29.9 Å². The van der Waals surface area contributed by atoms with Gasteiger partial charge in [0.1, 0.15) is 7.05 Å². The van der Waals surface area contributed by atoms with Crippen LogP contribution in [0, 0.1) is 0 Å². The largest absolute Gasteiger partial charge is 0.368 e. The smallest absolute Gasteiger partial charge is 0.187 e. The molecule has 3 unspecified atom stereocenters. The fourth-order valence-electron chi connectivity index (χ4n) is 4.71. The molecule has 5 rings (SSSR count). The quantitative estimate of drug-likeness (QED) is 0.727. The Bertz CT molecular complexity index is 693. The standard InChI is InChI=1S/C19H23N2/c1-14-18(17-10-6-7-12-20(17)3)19(2)11-13-21(14)16-9-5-4-8-15(16)19/h4-10,12,14,18H,11,13H2,1-3H3/q+1. The minimum Gasteiger partial charge on any atom is -0.368 e. The van der Waals surface area contributed by atoms with E-state index in [1.807, 2.05) is 0 Å². The second-order valence-corrected chi connectivity index (χ2v) is 6.83. The molecule has 0 aliphatic carbocycles. The van der Waals surface area contributed by atoms with Crippen molar-refractivity contribution in [1.82, 2.24) is 0 Å². The van der Waals surface area contributed by atoms with E-state index < -0.39 is 0 Å². The van der Waals surface area contributed by atoms with E-state index in [4.69, 9.17) is 0 Å². The number of benzene rings is 1. The average molecular weight is 279 g/mol. The Morgan fingerprint density at radius 2 is 1.90 bits per heavy atom. The highest BCUT2D eigenvalue weighted by Gasteiger charge is 2.53. The van der Waals surface area contributed by atoms with E-state index in [0.717, 1.165) is 0 Å². The third-order valence-corrected chi connectivity index (χ3v) is 5.77. The predicted octanol–water partition coefficient (Wildman–Crippen LogP) is 3.16. The molecule has 0 amide bonds. The molecule has 1 aromatic carbocycles. The summed E-state index contributed by atoms with van der Waals surface area (Å²) in [6.07, 6.45) is 3.42. The van der Waals surface area contributed by atoms with Crippen LogP contribution in [0.25, 0.3) is 0 Å². The Balaban J connectivity index is 1.94. The van der Waals surface area contributed by atoms with Crippen LogP contribution in [-0.4, -0.2) is 12.6 Å². The van der Waals surface area contributed by atoms with Crippen LogP contribution in [0.4, 0.5) is 5.69 Å². The van der Waals surface area contributed by atoms with Gasteiger partial charge in [-0.25, -0.2) is 4.57 Å². The van der Waals surface area contributed by atoms with Gasteiger partial charge in [0, 0.05) is 35.8 Å². The summed E-state index contributed by atoms with van der Waals surface area (Å²) < 4.78 is 2.30. The Labute approximate surface area is 127 Å². The number of anilines is 1. The molecule has 2 nitrogen and oxygen atoms in total. The second kappa shape index (κ2) is 4.33. The molecule has 1 fully saturated rings. The highest BCUT2D eigenvalue weighted by atomic mass is 15.2. The molecule has 0 spiro atoms. The Hall–Kier alpha value is -1.83. The molecular formula is C19H23N2+. The normalized spacial score (nSPS) is 30.3. The Morgan fingerprint density at radius 1 is 1.14 bits per heavy atom.